The van der Waals surface area contributed by atoms with Gasteiger partial charge in [0.05, 0.1) is 5.41 Å². The molecule has 2 rings (SSSR count). The summed E-state index contributed by atoms with van der Waals surface area (Å²) in [5.41, 5.74) is 0.371. The maximum absolute atomic E-state index is 13.1. The van der Waals surface area contributed by atoms with Crippen molar-refractivity contribution in [3.63, 3.8) is 0 Å². The van der Waals surface area contributed by atoms with Crippen LogP contribution in [0.4, 0.5) is 0 Å². The Balaban J connectivity index is 2.18. The first-order valence-electron chi connectivity index (χ1n) is 8.84. The van der Waals surface area contributed by atoms with E-state index in [2.05, 4.69) is 10.6 Å². The van der Waals surface area contributed by atoms with Crippen molar-refractivity contribution in [2.45, 2.75) is 63.8 Å². The number of halogens is 1. The average Bonchev–Trinajstić information content (AvgIpc) is 2.60. The predicted octanol–water partition coefficient (Wildman–Crippen LogP) is 3.57. The Morgan fingerprint density at radius 1 is 1.25 bits per heavy atom. The highest BCUT2D eigenvalue weighted by atomic mass is 35.5. The van der Waals surface area contributed by atoms with Crippen LogP contribution in [0.1, 0.15) is 57.9 Å². The molecule has 0 saturated heterocycles. The van der Waals surface area contributed by atoms with Crippen LogP contribution in [0.3, 0.4) is 0 Å². The van der Waals surface area contributed by atoms with Gasteiger partial charge in [-0.2, -0.15) is 0 Å². The van der Waals surface area contributed by atoms with Crippen LogP contribution in [-0.2, 0) is 15.0 Å². The highest BCUT2D eigenvalue weighted by Gasteiger charge is 2.42. The van der Waals surface area contributed by atoms with Crippen molar-refractivity contribution in [2.75, 3.05) is 6.54 Å². The fourth-order valence-corrected chi connectivity index (χ4v) is 3.58. The second-order valence-corrected chi connectivity index (χ2v) is 7.08. The maximum atomic E-state index is 13.1. The normalized spacial score (nSPS) is 17.8. The molecule has 1 aromatic rings. The van der Waals surface area contributed by atoms with Crippen LogP contribution >= 0.6 is 11.6 Å². The quantitative estimate of drug-likeness (QED) is 0.824. The van der Waals surface area contributed by atoms with Crippen LogP contribution in [0, 0.1) is 0 Å². The largest absolute Gasteiger partial charge is 0.354 e. The molecule has 5 heteroatoms. The van der Waals surface area contributed by atoms with E-state index in [1.165, 1.54) is 0 Å². The molecule has 2 N–H and O–H groups in total. The van der Waals surface area contributed by atoms with Gasteiger partial charge in [0.15, 0.2) is 0 Å². The number of carbonyl (C=O) groups excluding carboxylic acids is 2. The van der Waals surface area contributed by atoms with E-state index < -0.39 is 11.5 Å². The lowest BCUT2D eigenvalue weighted by Crippen LogP contribution is -2.52. The number of nitrogens with one attached hydrogen (secondary N) is 2. The van der Waals surface area contributed by atoms with E-state index in [9.17, 15) is 9.59 Å². The van der Waals surface area contributed by atoms with Crippen LogP contribution < -0.4 is 10.6 Å². The van der Waals surface area contributed by atoms with Gasteiger partial charge in [-0.3, -0.25) is 9.59 Å². The third-order valence-electron chi connectivity index (χ3n) is 4.81. The molecule has 24 heavy (non-hydrogen) atoms. The summed E-state index contributed by atoms with van der Waals surface area (Å²) in [6.07, 6.45) is 5.62. The summed E-state index contributed by atoms with van der Waals surface area (Å²) >= 11 is 6.15. The number of rotatable bonds is 6. The summed E-state index contributed by atoms with van der Waals surface area (Å²) in [5, 5.41) is 6.39. The van der Waals surface area contributed by atoms with Gasteiger partial charge in [0.1, 0.15) is 6.04 Å². The highest BCUT2D eigenvalue weighted by molar-refractivity contribution is 6.30. The molecule has 1 atom stereocenters. The van der Waals surface area contributed by atoms with Gasteiger partial charge in [0.2, 0.25) is 11.8 Å². The topological polar surface area (TPSA) is 58.2 Å². The molecule has 4 nitrogen and oxygen atoms in total. The number of benzene rings is 1. The lowest BCUT2D eigenvalue weighted by Gasteiger charge is -2.37. The summed E-state index contributed by atoms with van der Waals surface area (Å²) in [6, 6.07) is 7.02. The third-order valence-corrected chi connectivity index (χ3v) is 5.04. The highest BCUT2D eigenvalue weighted by Crippen LogP contribution is 2.40. The molecule has 1 aliphatic rings. The first kappa shape index (κ1) is 18.8. The molecule has 0 unspecified atom stereocenters. The van der Waals surface area contributed by atoms with Crippen molar-refractivity contribution in [3.05, 3.63) is 34.9 Å². The van der Waals surface area contributed by atoms with Crippen molar-refractivity contribution in [3.8, 4) is 0 Å². The number of amides is 2. The Kier molecular flexibility index (Phi) is 6.67. The van der Waals surface area contributed by atoms with Gasteiger partial charge < -0.3 is 10.6 Å². The lowest BCUT2D eigenvalue weighted by molar-refractivity contribution is -0.132. The van der Waals surface area contributed by atoms with E-state index in [1.807, 2.05) is 31.2 Å². The molecule has 1 aromatic carbocycles. The monoisotopic (exact) mass is 350 g/mol. The van der Waals surface area contributed by atoms with E-state index in [1.54, 1.807) is 6.92 Å². The Morgan fingerprint density at radius 3 is 2.58 bits per heavy atom. The molecule has 132 valence electrons. The summed E-state index contributed by atoms with van der Waals surface area (Å²) in [6.45, 7) is 4.36. The first-order valence-corrected chi connectivity index (χ1v) is 9.22. The van der Waals surface area contributed by atoms with E-state index in [-0.39, 0.29) is 11.8 Å². The van der Waals surface area contributed by atoms with Gasteiger partial charge in [-0.05, 0) is 43.9 Å². The minimum atomic E-state index is -0.581. The smallest absolute Gasteiger partial charge is 0.242 e. The first-order chi connectivity index (χ1) is 11.5. The number of carbonyl (C=O) groups is 2. The van der Waals surface area contributed by atoms with Crippen LogP contribution in [0.5, 0.6) is 0 Å². The van der Waals surface area contributed by atoms with E-state index >= 15 is 0 Å². The Morgan fingerprint density at radius 2 is 1.96 bits per heavy atom. The second-order valence-electron chi connectivity index (χ2n) is 6.64. The summed E-state index contributed by atoms with van der Waals surface area (Å²) in [4.78, 5) is 25.2. The Hall–Kier alpha value is -1.55. The van der Waals surface area contributed by atoms with Gasteiger partial charge in [-0.25, -0.2) is 0 Å². The molecule has 0 aromatic heterocycles. The number of hydrogen-bond acceptors (Lipinski definition) is 2. The van der Waals surface area contributed by atoms with Crippen molar-refractivity contribution in [1.82, 2.24) is 10.6 Å². The van der Waals surface area contributed by atoms with Gasteiger partial charge >= 0.3 is 0 Å². The Labute approximate surface area is 149 Å². The molecule has 0 aliphatic heterocycles. The van der Waals surface area contributed by atoms with E-state index in [4.69, 9.17) is 11.6 Å². The van der Waals surface area contributed by atoms with Crippen LogP contribution in [0.25, 0.3) is 0 Å². The van der Waals surface area contributed by atoms with Crippen LogP contribution in [0.2, 0.25) is 5.02 Å². The zero-order chi connectivity index (χ0) is 17.6. The molecule has 1 aliphatic carbocycles. The fraction of sp³-hybridized carbons (Fsp3) is 0.579. The predicted molar refractivity (Wildman–Crippen MR) is 97.1 cm³/mol. The number of hydrogen-bond donors (Lipinski definition) is 2. The fourth-order valence-electron chi connectivity index (χ4n) is 3.39. The standard InChI is InChI=1S/C19H27ClN2O2/c1-3-12-21-17(23)14(2)22-18(24)19(10-5-4-6-11-19)15-8-7-9-16(20)13-15/h7-9,13-14H,3-6,10-12H2,1-2H3,(H,21,23)(H,22,24)/t14-/m1/s1. The summed E-state index contributed by atoms with van der Waals surface area (Å²) in [5.74, 6) is -0.203. The molecule has 1 fully saturated rings. The van der Waals surface area contributed by atoms with E-state index in [0.717, 1.165) is 44.1 Å². The van der Waals surface area contributed by atoms with Gasteiger partial charge in [-0.1, -0.05) is 49.9 Å². The molecule has 0 bridgehead atoms. The van der Waals surface area contributed by atoms with Crippen LogP contribution in [0.15, 0.2) is 24.3 Å². The maximum Gasteiger partial charge on any atom is 0.242 e. The zero-order valence-corrected chi connectivity index (χ0v) is 15.3. The van der Waals surface area contributed by atoms with Crippen molar-refractivity contribution in [1.29, 1.82) is 0 Å². The third kappa shape index (κ3) is 4.29. The second kappa shape index (κ2) is 8.52. The molecule has 0 spiro atoms. The van der Waals surface area contributed by atoms with Gasteiger partial charge in [-0.15, -0.1) is 0 Å². The minimum Gasteiger partial charge on any atom is -0.354 e. The summed E-state index contributed by atoms with van der Waals surface area (Å²) < 4.78 is 0. The molecule has 1 saturated carbocycles. The van der Waals surface area contributed by atoms with Gasteiger partial charge in [0.25, 0.3) is 0 Å². The van der Waals surface area contributed by atoms with E-state index in [0.29, 0.717) is 11.6 Å². The lowest BCUT2D eigenvalue weighted by atomic mass is 9.68. The molecular weight excluding hydrogens is 324 g/mol. The van der Waals surface area contributed by atoms with Crippen molar-refractivity contribution >= 4 is 23.4 Å². The average molecular weight is 351 g/mol. The van der Waals surface area contributed by atoms with Crippen molar-refractivity contribution < 1.29 is 9.59 Å². The van der Waals surface area contributed by atoms with Gasteiger partial charge in [0, 0.05) is 11.6 Å². The molecule has 2 amide bonds. The molecule has 0 radical (unpaired) electrons. The SMILES string of the molecule is CCCNC(=O)[C@@H](C)NC(=O)C1(c2cccc(Cl)c2)CCCCC1. The summed E-state index contributed by atoms with van der Waals surface area (Å²) in [7, 11) is 0. The minimum absolute atomic E-state index is 0.0661. The zero-order valence-electron chi connectivity index (χ0n) is 14.5. The molecular formula is C19H27ClN2O2. The van der Waals surface area contributed by atoms with Crippen molar-refractivity contribution in [2.24, 2.45) is 0 Å². The van der Waals surface area contributed by atoms with Crippen LogP contribution in [-0.4, -0.2) is 24.4 Å². The Bertz CT molecular complexity index is 582. The molecule has 0 heterocycles.